The first-order chi connectivity index (χ1) is 8.27. The fourth-order valence-electron chi connectivity index (χ4n) is 1.60. The summed E-state index contributed by atoms with van der Waals surface area (Å²) in [4.78, 5) is 11.9. The number of nitrogens with two attached hydrogens (primary N) is 1. The lowest BCUT2D eigenvalue weighted by Gasteiger charge is -2.16. The van der Waals surface area contributed by atoms with E-state index in [1.54, 1.807) is 12.1 Å². The van der Waals surface area contributed by atoms with Gasteiger partial charge < -0.3 is 0 Å². The highest BCUT2D eigenvalue weighted by Crippen LogP contribution is 2.06. The molecule has 0 heterocycles. The van der Waals surface area contributed by atoms with E-state index in [2.05, 4.69) is 0 Å². The number of nitrogens with zero attached hydrogens (tertiary/aromatic N) is 1. The molecule has 0 aliphatic carbocycles. The molecule has 3 heteroatoms. The summed E-state index contributed by atoms with van der Waals surface area (Å²) in [5.74, 6) is 5.59. The number of carbonyl (C=O) groups is 1. The number of amides is 1. The van der Waals surface area contributed by atoms with Crippen molar-refractivity contribution in [3.05, 3.63) is 71.8 Å². The van der Waals surface area contributed by atoms with Crippen LogP contribution in [-0.2, 0) is 6.54 Å². The molecule has 0 radical (unpaired) electrons. The highest BCUT2D eigenvalue weighted by atomic mass is 16.2. The third-order valence-corrected chi connectivity index (χ3v) is 2.48. The average molecular weight is 226 g/mol. The van der Waals surface area contributed by atoms with E-state index >= 15 is 0 Å². The van der Waals surface area contributed by atoms with Gasteiger partial charge in [-0.25, -0.2) is 5.84 Å². The molecule has 17 heavy (non-hydrogen) atoms. The van der Waals surface area contributed by atoms with Crippen LogP contribution in [0, 0.1) is 0 Å². The van der Waals surface area contributed by atoms with Gasteiger partial charge in [-0.05, 0) is 17.7 Å². The van der Waals surface area contributed by atoms with Crippen molar-refractivity contribution in [2.24, 2.45) is 5.84 Å². The molecule has 2 aromatic carbocycles. The van der Waals surface area contributed by atoms with Crippen LogP contribution in [0.25, 0.3) is 0 Å². The lowest BCUT2D eigenvalue weighted by Crippen LogP contribution is -2.36. The van der Waals surface area contributed by atoms with Gasteiger partial charge in [-0.15, -0.1) is 0 Å². The Kier molecular flexibility index (Phi) is 3.52. The van der Waals surface area contributed by atoms with Crippen LogP contribution in [0.3, 0.4) is 0 Å². The minimum absolute atomic E-state index is 0.172. The Hall–Kier alpha value is -2.13. The second-order valence-electron chi connectivity index (χ2n) is 3.78. The van der Waals surface area contributed by atoms with E-state index in [0.717, 1.165) is 5.56 Å². The number of rotatable bonds is 3. The zero-order valence-electron chi connectivity index (χ0n) is 9.41. The molecule has 0 aliphatic rings. The van der Waals surface area contributed by atoms with Crippen LogP contribution in [0.15, 0.2) is 60.7 Å². The Bertz CT molecular complexity index is 482. The number of hydrazine groups is 1. The molecule has 0 saturated heterocycles. The van der Waals surface area contributed by atoms with Crippen molar-refractivity contribution in [1.82, 2.24) is 5.01 Å². The van der Waals surface area contributed by atoms with E-state index in [0.29, 0.717) is 12.1 Å². The molecular weight excluding hydrogens is 212 g/mol. The molecule has 86 valence electrons. The molecule has 1 amide bonds. The maximum absolute atomic E-state index is 11.9. The summed E-state index contributed by atoms with van der Waals surface area (Å²) in [7, 11) is 0. The van der Waals surface area contributed by atoms with Crippen LogP contribution >= 0.6 is 0 Å². The predicted octanol–water partition coefficient (Wildman–Crippen LogP) is 2.20. The van der Waals surface area contributed by atoms with Crippen molar-refractivity contribution < 1.29 is 4.79 Å². The maximum atomic E-state index is 11.9. The van der Waals surface area contributed by atoms with Crippen molar-refractivity contribution in [3.8, 4) is 0 Å². The van der Waals surface area contributed by atoms with E-state index in [4.69, 9.17) is 5.84 Å². The second kappa shape index (κ2) is 5.27. The summed E-state index contributed by atoms with van der Waals surface area (Å²) in [5, 5.41) is 1.23. The van der Waals surface area contributed by atoms with Crippen LogP contribution in [0.4, 0.5) is 0 Å². The quantitative estimate of drug-likeness (QED) is 0.495. The highest BCUT2D eigenvalue weighted by Gasteiger charge is 2.11. The van der Waals surface area contributed by atoms with Gasteiger partial charge in [0.15, 0.2) is 0 Å². The zero-order chi connectivity index (χ0) is 12.1. The lowest BCUT2D eigenvalue weighted by molar-refractivity contribution is 0.0743. The van der Waals surface area contributed by atoms with Gasteiger partial charge in [-0.3, -0.25) is 9.80 Å². The number of benzene rings is 2. The average Bonchev–Trinajstić information content (AvgIpc) is 2.40. The van der Waals surface area contributed by atoms with E-state index in [1.165, 1.54) is 5.01 Å². The molecule has 0 bridgehead atoms. The molecule has 2 N–H and O–H groups in total. The second-order valence-corrected chi connectivity index (χ2v) is 3.78. The van der Waals surface area contributed by atoms with Crippen molar-refractivity contribution in [2.75, 3.05) is 0 Å². The summed E-state index contributed by atoms with van der Waals surface area (Å²) in [5.41, 5.74) is 1.62. The summed E-state index contributed by atoms with van der Waals surface area (Å²) in [6.07, 6.45) is 0. The summed E-state index contributed by atoms with van der Waals surface area (Å²) in [6.45, 7) is 0.411. The Morgan fingerprint density at radius 3 is 2.06 bits per heavy atom. The molecule has 0 unspecified atom stereocenters. The molecular formula is C14H14N2O. The normalized spacial score (nSPS) is 9.94. The van der Waals surface area contributed by atoms with Crippen LogP contribution in [-0.4, -0.2) is 10.9 Å². The van der Waals surface area contributed by atoms with Crippen LogP contribution in [0.1, 0.15) is 15.9 Å². The fraction of sp³-hybridized carbons (Fsp3) is 0.0714. The van der Waals surface area contributed by atoms with Gasteiger partial charge in [-0.1, -0.05) is 48.5 Å². The Labute approximate surface area is 100 Å². The molecule has 0 atom stereocenters. The molecule has 2 rings (SSSR count). The van der Waals surface area contributed by atoms with Gasteiger partial charge in [0.2, 0.25) is 0 Å². The van der Waals surface area contributed by atoms with Gasteiger partial charge >= 0.3 is 0 Å². The van der Waals surface area contributed by atoms with Gasteiger partial charge in [0.25, 0.3) is 5.91 Å². The monoisotopic (exact) mass is 226 g/mol. The van der Waals surface area contributed by atoms with Gasteiger partial charge in [0.1, 0.15) is 0 Å². The summed E-state index contributed by atoms with van der Waals surface area (Å²) >= 11 is 0. The van der Waals surface area contributed by atoms with E-state index in [9.17, 15) is 4.79 Å². The smallest absolute Gasteiger partial charge is 0.268 e. The minimum Gasteiger partial charge on any atom is -0.272 e. The SMILES string of the molecule is NN(Cc1ccccc1)C(=O)c1ccccc1. The molecule has 0 aromatic heterocycles. The van der Waals surface area contributed by atoms with Gasteiger partial charge in [-0.2, -0.15) is 0 Å². The molecule has 3 nitrogen and oxygen atoms in total. The standard InChI is InChI=1S/C14H14N2O/c15-16(11-12-7-3-1-4-8-12)14(17)13-9-5-2-6-10-13/h1-10H,11,15H2. The largest absolute Gasteiger partial charge is 0.272 e. The summed E-state index contributed by atoms with van der Waals surface area (Å²) < 4.78 is 0. The Morgan fingerprint density at radius 1 is 0.941 bits per heavy atom. The van der Waals surface area contributed by atoms with Crippen LogP contribution in [0.5, 0.6) is 0 Å². The summed E-state index contributed by atoms with van der Waals surface area (Å²) in [6, 6.07) is 18.7. The molecule has 0 spiro atoms. The van der Waals surface area contributed by atoms with Crippen molar-refractivity contribution in [1.29, 1.82) is 0 Å². The minimum atomic E-state index is -0.172. The molecule has 2 aromatic rings. The van der Waals surface area contributed by atoms with E-state index < -0.39 is 0 Å². The highest BCUT2D eigenvalue weighted by molar-refractivity contribution is 5.93. The first-order valence-electron chi connectivity index (χ1n) is 5.43. The molecule has 0 aliphatic heterocycles. The van der Waals surface area contributed by atoms with Gasteiger partial charge in [0, 0.05) is 5.56 Å². The zero-order valence-corrected chi connectivity index (χ0v) is 9.41. The molecule has 0 saturated carbocycles. The maximum Gasteiger partial charge on any atom is 0.268 e. The number of hydrogen-bond acceptors (Lipinski definition) is 2. The lowest BCUT2D eigenvalue weighted by atomic mass is 10.2. The molecule has 0 fully saturated rings. The van der Waals surface area contributed by atoms with Gasteiger partial charge in [0.05, 0.1) is 6.54 Å². The fourth-order valence-corrected chi connectivity index (χ4v) is 1.60. The Morgan fingerprint density at radius 2 is 1.47 bits per heavy atom. The third kappa shape index (κ3) is 2.92. The van der Waals surface area contributed by atoms with E-state index in [1.807, 2.05) is 48.5 Å². The number of hydrogen-bond donors (Lipinski definition) is 1. The van der Waals surface area contributed by atoms with Crippen LogP contribution < -0.4 is 5.84 Å². The third-order valence-electron chi connectivity index (χ3n) is 2.48. The topological polar surface area (TPSA) is 46.3 Å². The predicted molar refractivity (Wildman–Crippen MR) is 66.9 cm³/mol. The van der Waals surface area contributed by atoms with Crippen molar-refractivity contribution >= 4 is 5.91 Å². The van der Waals surface area contributed by atoms with Crippen molar-refractivity contribution in [3.63, 3.8) is 0 Å². The van der Waals surface area contributed by atoms with Crippen molar-refractivity contribution in [2.45, 2.75) is 6.54 Å². The van der Waals surface area contributed by atoms with Crippen LogP contribution in [0.2, 0.25) is 0 Å². The number of carbonyl (C=O) groups excluding carboxylic acids is 1. The first kappa shape index (κ1) is 11.4. The van der Waals surface area contributed by atoms with E-state index in [-0.39, 0.29) is 5.91 Å². The first-order valence-corrected chi connectivity index (χ1v) is 5.43. The Balaban J connectivity index is 2.06.